The predicted molar refractivity (Wildman–Crippen MR) is 85.3 cm³/mol. The van der Waals surface area contributed by atoms with Crippen LogP contribution in [0.25, 0.3) is 0 Å². The van der Waals surface area contributed by atoms with Gasteiger partial charge in [0.1, 0.15) is 5.78 Å². The Morgan fingerprint density at radius 2 is 1.45 bits per heavy atom. The van der Waals surface area contributed by atoms with Gasteiger partial charge in [0.15, 0.2) is 0 Å². The van der Waals surface area contributed by atoms with Crippen molar-refractivity contribution in [1.82, 2.24) is 0 Å². The Kier molecular flexibility index (Phi) is 57.9. The van der Waals surface area contributed by atoms with Gasteiger partial charge in [0.05, 0.1) is 6.04 Å². The van der Waals surface area contributed by atoms with E-state index in [2.05, 4.69) is 40.9 Å². The molecule has 7 heteroatoms. The van der Waals surface area contributed by atoms with Crippen LogP contribution in [0.2, 0.25) is 0 Å². The van der Waals surface area contributed by atoms with Gasteiger partial charge < -0.3 is 42.1 Å². The van der Waals surface area contributed by atoms with Crippen LogP contribution in [0.3, 0.4) is 0 Å². The number of Topliss-reactive ketones (excluding diaryl/α,β-unsaturated/α-hetero) is 1. The van der Waals surface area contributed by atoms with Crippen LogP contribution in [0.15, 0.2) is 25.3 Å². The number of ketones is 1. The number of allylic oxidation sites excluding steroid dienone is 2. The number of carboxylic acids is 1. The Bertz CT molecular complexity index is 261. The molecule has 5 nitrogen and oxygen atoms in total. The average Bonchev–Trinajstić information content (AvgIpc) is 2.39. The second-order valence-electron chi connectivity index (χ2n) is 3.32. The summed E-state index contributed by atoms with van der Waals surface area (Å²) in [4.78, 5) is 19.7. The van der Waals surface area contributed by atoms with Crippen molar-refractivity contribution in [1.29, 1.82) is 0 Å². The Hall–Kier alpha value is 0.618. The van der Waals surface area contributed by atoms with Crippen molar-refractivity contribution in [3.63, 3.8) is 0 Å². The van der Waals surface area contributed by atoms with E-state index in [0.717, 1.165) is 6.42 Å². The third-order valence-corrected chi connectivity index (χ3v) is 1.35. The Labute approximate surface area is 186 Å². The molecule has 22 heavy (non-hydrogen) atoms. The first-order valence-corrected chi connectivity index (χ1v) is 5.83. The van der Waals surface area contributed by atoms with Crippen LogP contribution < -0.4 is 11.5 Å². The minimum atomic E-state index is -0.991. The standard InChI is InChI=1S/C4H8NO2.C4H8NO.C4H7.C3H5.2Y/c1-2-3(5)4(6)7;1-3(5)4(2)6;1-3-4-2;1-3-2;;/h3H,1-2,5H2,(H,6,7);3H,1,5H2,2H3;3H,1-2,4H2;3H,1-2H2;;/q4*-1;;. The van der Waals surface area contributed by atoms with Crippen LogP contribution >= 0.6 is 0 Å². The van der Waals surface area contributed by atoms with Crippen molar-refractivity contribution in [2.45, 2.75) is 31.8 Å². The van der Waals surface area contributed by atoms with Crippen LogP contribution in [-0.2, 0) is 75.0 Å². The maximum Gasteiger partial charge on any atom is 0.317 e. The quantitative estimate of drug-likeness (QED) is 0.436. The Balaban J connectivity index is -0.0000000394. The largest absolute Gasteiger partial charge is 0.480 e. The fourth-order valence-electron chi connectivity index (χ4n) is 0.123. The molecule has 0 saturated heterocycles. The average molecular weight is 462 g/mol. The molecule has 2 radical (unpaired) electrons. The third kappa shape index (κ3) is 58.8. The van der Waals surface area contributed by atoms with Gasteiger partial charge in [-0.3, -0.25) is 4.79 Å². The molecule has 0 fully saturated rings. The number of nitrogens with two attached hydrogens (primary N) is 2. The number of carbonyl (C=O) groups is 2. The second kappa shape index (κ2) is 33.3. The van der Waals surface area contributed by atoms with Crippen molar-refractivity contribution < 1.29 is 80.1 Å². The first-order chi connectivity index (χ1) is 9.15. The molecule has 0 bridgehead atoms. The van der Waals surface area contributed by atoms with Gasteiger partial charge >= 0.3 is 5.97 Å². The van der Waals surface area contributed by atoms with E-state index in [1.165, 1.54) is 13.0 Å². The maximum absolute atomic E-state index is 9.96. The Morgan fingerprint density at radius 3 is 1.45 bits per heavy atom. The number of aliphatic carboxylic acids is 1. The van der Waals surface area contributed by atoms with Crippen LogP contribution in [0.5, 0.6) is 0 Å². The van der Waals surface area contributed by atoms with Gasteiger partial charge in [0.25, 0.3) is 0 Å². The monoisotopic (exact) mass is 462 g/mol. The van der Waals surface area contributed by atoms with E-state index in [1.54, 1.807) is 6.08 Å². The number of carboxylic acid groups (broad SMARTS) is 1. The molecule has 2 unspecified atom stereocenters. The molecule has 0 aromatic rings. The van der Waals surface area contributed by atoms with Gasteiger partial charge in [-0.15, -0.1) is 12.7 Å². The molecule has 126 valence electrons. The molecule has 0 aliphatic carbocycles. The van der Waals surface area contributed by atoms with E-state index in [0.29, 0.717) is 0 Å². The molecule has 2 atom stereocenters. The number of carbonyl (C=O) groups excluding carboxylic acids is 1. The molecule has 0 aromatic carbocycles. The molecule has 0 aliphatic heterocycles. The fourth-order valence-corrected chi connectivity index (χ4v) is 0.123. The summed E-state index contributed by atoms with van der Waals surface area (Å²) in [5.74, 6) is -1.06. The van der Waals surface area contributed by atoms with Crippen LogP contribution in [-0.4, -0.2) is 28.9 Å². The molecule has 0 spiro atoms. The molecule has 0 amide bonds. The van der Waals surface area contributed by atoms with Gasteiger partial charge in [-0.25, -0.2) is 19.6 Å². The van der Waals surface area contributed by atoms with Crippen molar-refractivity contribution in [2.75, 3.05) is 0 Å². The zero-order chi connectivity index (χ0) is 17.1. The molecular formula is C15H28N2O3Y2-4. The number of hydrogen-bond acceptors (Lipinski definition) is 4. The summed E-state index contributed by atoms with van der Waals surface area (Å²) in [7, 11) is 0. The van der Waals surface area contributed by atoms with Gasteiger partial charge in [-0.1, -0.05) is 6.04 Å². The summed E-state index contributed by atoms with van der Waals surface area (Å²) in [6.45, 7) is 21.4. The minimum Gasteiger partial charge on any atom is -0.480 e. The maximum atomic E-state index is 9.96. The van der Waals surface area contributed by atoms with Crippen molar-refractivity contribution in [2.24, 2.45) is 11.5 Å². The summed E-state index contributed by atoms with van der Waals surface area (Å²) in [5, 5.41) is 8.02. The van der Waals surface area contributed by atoms with Crippen molar-refractivity contribution in [3.8, 4) is 0 Å². The van der Waals surface area contributed by atoms with E-state index >= 15 is 0 Å². The normalized spacial score (nSPS) is 9.73. The molecule has 0 rings (SSSR count). The zero-order valence-corrected chi connectivity index (χ0v) is 19.2. The molecule has 0 saturated carbocycles. The zero-order valence-electron chi connectivity index (χ0n) is 13.5. The van der Waals surface area contributed by atoms with E-state index in [9.17, 15) is 9.59 Å². The van der Waals surface area contributed by atoms with Gasteiger partial charge in [-0.05, 0) is 6.92 Å². The Morgan fingerprint density at radius 1 is 1.23 bits per heavy atom. The summed E-state index contributed by atoms with van der Waals surface area (Å²) < 4.78 is 0. The van der Waals surface area contributed by atoms with Crippen LogP contribution in [0, 0.1) is 27.7 Å². The van der Waals surface area contributed by atoms with Gasteiger partial charge in [0.2, 0.25) is 0 Å². The molecule has 0 heterocycles. The summed E-state index contributed by atoms with van der Waals surface area (Å²) in [6.07, 6.45) is 4.34. The minimum absolute atomic E-state index is 0. The first kappa shape index (κ1) is 38.3. The molecule has 0 aliphatic rings. The van der Waals surface area contributed by atoms with E-state index in [4.69, 9.17) is 16.6 Å². The second-order valence-corrected chi connectivity index (χ2v) is 3.32. The van der Waals surface area contributed by atoms with Gasteiger partial charge in [-0.2, -0.15) is 12.8 Å². The fraction of sp³-hybridized carbons (Fsp3) is 0.333. The van der Waals surface area contributed by atoms with Crippen LogP contribution in [0.4, 0.5) is 0 Å². The molecule has 5 N–H and O–H groups in total. The SMILES string of the molecule is C=CC[CH2-].C=C[CH2-].[CH2-]C(N)C(C)=O.[CH2-]CC(N)C(=O)O.[Y].[Y]. The molecule has 0 aromatic heterocycles. The number of rotatable bonds is 4. The summed E-state index contributed by atoms with van der Waals surface area (Å²) in [6, 6.07) is -1.33. The molecular weight excluding hydrogens is 434 g/mol. The summed E-state index contributed by atoms with van der Waals surface area (Å²) >= 11 is 0. The topological polar surface area (TPSA) is 106 Å². The predicted octanol–water partition coefficient (Wildman–Crippen LogP) is 1.76. The van der Waals surface area contributed by atoms with E-state index in [1.807, 2.05) is 0 Å². The van der Waals surface area contributed by atoms with Crippen molar-refractivity contribution >= 4 is 11.8 Å². The third-order valence-electron chi connectivity index (χ3n) is 1.35. The van der Waals surface area contributed by atoms with E-state index < -0.39 is 18.1 Å². The van der Waals surface area contributed by atoms with Crippen molar-refractivity contribution in [3.05, 3.63) is 53.0 Å². The first-order valence-electron chi connectivity index (χ1n) is 5.83. The summed E-state index contributed by atoms with van der Waals surface area (Å²) in [5.41, 5.74) is 9.93. The van der Waals surface area contributed by atoms with E-state index in [-0.39, 0.29) is 77.6 Å². The smallest absolute Gasteiger partial charge is 0.317 e. The van der Waals surface area contributed by atoms with Crippen LogP contribution in [0.1, 0.15) is 19.8 Å². The van der Waals surface area contributed by atoms with Gasteiger partial charge in [0, 0.05) is 65.4 Å². The number of hydrogen-bond donors (Lipinski definition) is 3.